The van der Waals surface area contributed by atoms with Gasteiger partial charge < -0.3 is 5.73 Å². The van der Waals surface area contributed by atoms with Gasteiger partial charge in [0.1, 0.15) is 0 Å². The molecule has 1 heterocycles. The summed E-state index contributed by atoms with van der Waals surface area (Å²) in [5.74, 6) is 0.445. The van der Waals surface area contributed by atoms with Crippen LogP contribution in [-0.2, 0) is 0 Å². The van der Waals surface area contributed by atoms with Crippen LogP contribution in [0.2, 0.25) is 0 Å². The minimum Gasteiger partial charge on any atom is -0.375 e. The monoisotopic (exact) mass is 238 g/mol. The van der Waals surface area contributed by atoms with Gasteiger partial charge in [-0.2, -0.15) is 0 Å². The van der Waals surface area contributed by atoms with E-state index in [9.17, 15) is 0 Å². The van der Waals surface area contributed by atoms with Crippen molar-refractivity contribution >= 4 is 39.3 Å². The summed E-state index contributed by atoms with van der Waals surface area (Å²) in [7, 11) is 0. The summed E-state index contributed by atoms with van der Waals surface area (Å²) >= 11 is 6.08. The van der Waals surface area contributed by atoms with Crippen molar-refractivity contribution in [3.8, 4) is 0 Å². The number of nitrogens with zero attached hydrogens (tertiary/aromatic N) is 1. The van der Waals surface area contributed by atoms with E-state index in [2.05, 4.69) is 37.5 Å². The first-order valence-corrected chi connectivity index (χ1v) is 6.15. The second-order valence-electron chi connectivity index (χ2n) is 4.01. The number of thiazole rings is 1. The number of anilines is 1. The number of hydrogen-bond donors (Lipinski definition) is 2. The van der Waals surface area contributed by atoms with Crippen LogP contribution in [0.1, 0.15) is 30.9 Å². The van der Waals surface area contributed by atoms with Gasteiger partial charge >= 0.3 is 0 Å². The lowest BCUT2D eigenvalue weighted by Crippen LogP contribution is -1.92. The molecule has 2 N–H and O–H groups in total. The average Bonchev–Trinajstić information content (AvgIpc) is 2.45. The fourth-order valence-corrected chi connectivity index (χ4v) is 3.56. The van der Waals surface area contributed by atoms with Crippen molar-refractivity contribution in [1.29, 1.82) is 0 Å². The summed E-state index contributed by atoms with van der Waals surface area (Å²) in [6, 6.07) is 2.07. The highest BCUT2D eigenvalue weighted by atomic mass is 32.1. The first-order valence-electron chi connectivity index (χ1n) is 4.89. The van der Waals surface area contributed by atoms with E-state index >= 15 is 0 Å². The Morgan fingerprint density at radius 1 is 1.47 bits per heavy atom. The number of fused-ring (bicyclic) bond motifs is 1. The molecule has 0 atom stereocenters. The fraction of sp³-hybridized carbons (Fsp3) is 0.364. The first kappa shape index (κ1) is 10.8. The summed E-state index contributed by atoms with van der Waals surface area (Å²) in [6.07, 6.45) is 0. The molecule has 2 nitrogen and oxygen atoms in total. The smallest absolute Gasteiger partial charge is 0.181 e. The maximum absolute atomic E-state index is 5.76. The molecule has 0 fully saturated rings. The Bertz CT molecular complexity index is 515. The third kappa shape index (κ3) is 1.72. The van der Waals surface area contributed by atoms with Crippen LogP contribution in [0.3, 0.4) is 0 Å². The number of hydrogen-bond acceptors (Lipinski definition) is 4. The van der Waals surface area contributed by atoms with Crippen LogP contribution in [-0.4, -0.2) is 4.98 Å². The van der Waals surface area contributed by atoms with Gasteiger partial charge in [0.05, 0.1) is 10.2 Å². The predicted octanol–water partition coefficient (Wildman–Crippen LogP) is 3.60. The van der Waals surface area contributed by atoms with Crippen molar-refractivity contribution in [2.45, 2.75) is 31.6 Å². The molecule has 4 heteroatoms. The molecule has 80 valence electrons. The summed E-state index contributed by atoms with van der Waals surface area (Å²) < 4.78 is 1.19. The van der Waals surface area contributed by atoms with Crippen LogP contribution in [0.25, 0.3) is 10.2 Å². The van der Waals surface area contributed by atoms with Crippen LogP contribution in [0.4, 0.5) is 5.13 Å². The molecular weight excluding hydrogens is 224 g/mol. The third-order valence-corrected chi connectivity index (χ3v) is 3.76. The van der Waals surface area contributed by atoms with E-state index in [0.717, 1.165) is 16.0 Å². The summed E-state index contributed by atoms with van der Waals surface area (Å²) in [5, 5.41) is 0.633. The van der Waals surface area contributed by atoms with Gasteiger partial charge in [-0.3, -0.25) is 0 Å². The number of thiol groups is 1. The number of aromatic nitrogens is 1. The lowest BCUT2D eigenvalue weighted by molar-refractivity contribution is 0.855. The van der Waals surface area contributed by atoms with Crippen molar-refractivity contribution in [2.24, 2.45) is 0 Å². The summed E-state index contributed by atoms with van der Waals surface area (Å²) in [6.45, 7) is 6.38. The van der Waals surface area contributed by atoms with Gasteiger partial charge in [-0.05, 0) is 30.0 Å². The Balaban J connectivity index is 2.89. The quantitative estimate of drug-likeness (QED) is 0.745. The molecule has 15 heavy (non-hydrogen) atoms. The minimum absolute atomic E-state index is 0.445. The maximum Gasteiger partial charge on any atom is 0.181 e. The van der Waals surface area contributed by atoms with Crippen LogP contribution >= 0.6 is 24.0 Å². The lowest BCUT2D eigenvalue weighted by Gasteiger charge is -2.11. The molecule has 0 amide bonds. The molecule has 1 aromatic heterocycles. The highest BCUT2D eigenvalue weighted by molar-refractivity contribution is 7.80. The van der Waals surface area contributed by atoms with Crippen molar-refractivity contribution in [2.75, 3.05) is 5.73 Å². The van der Waals surface area contributed by atoms with E-state index in [4.69, 9.17) is 5.73 Å². The molecule has 0 saturated heterocycles. The predicted molar refractivity (Wildman–Crippen MR) is 70.1 cm³/mol. The van der Waals surface area contributed by atoms with Crippen LogP contribution in [0.15, 0.2) is 11.0 Å². The van der Waals surface area contributed by atoms with Crippen LogP contribution in [0, 0.1) is 6.92 Å². The SMILES string of the molecule is Cc1cc(S)c(C(C)C)c2sc(N)nc12. The van der Waals surface area contributed by atoms with E-state index in [1.807, 2.05) is 6.92 Å². The van der Waals surface area contributed by atoms with Crippen molar-refractivity contribution < 1.29 is 0 Å². The Morgan fingerprint density at radius 3 is 2.73 bits per heavy atom. The van der Waals surface area contributed by atoms with E-state index in [1.54, 1.807) is 11.3 Å². The highest BCUT2D eigenvalue weighted by Gasteiger charge is 2.14. The van der Waals surface area contributed by atoms with Gasteiger partial charge in [0.25, 0.3) is 0 Å². The molecule has 0 radical (unpaired) electrons. The first-order chi connectivity index (χ1) is 7.00. The van der Waals surface area contributed by atoms with Gasteiger partial charge in [-0.15, -0.1) is 12.6 Å². The number of rotatable bonds is 1. The Kier molecular flexibility index (Phi) is 2.64. The molecule has 0 bridgehead atoms. The highest BCUT2D eigenvalue weighted by Crippen LogP contribution is 2.37. The van der Waals surface area contributed by atoms with Gasteiger partial charge in [-0.1, -0.05) is 25.2 Å². The van der Waals surface area contributed by atoms with Crippen LogP contribution in [0.5, 0.6) is 0 Å². The molecule has 2 aromatic rings. The normalized spacial score (nSPS) is 11.5. The molecule has 0 spiro atoms. The molecule has 0 aliphatic carbocycles. The second-order valence-corrected chi connectivity index (χ2v) is 5.52. The summed E-state index contributed by atoms with van der Waals surface area (Å²) in [4.78, 5) is 5.40. The Morgan fingerprint density at radius 2 is 2.13 bits per heavy atom. The third-order valence-electron chi connectivity index (χ3n) is 2.47. The molecule has 0 saturated carbocycles. The Labute approximate surface area is 98.9 Å². The zero-order valence-electron chi connectivity index (χ0n) is 9.03. The van der Waals surface area contributed by atoms with E-state index in [1.165, 1.54) is 10.3 Å². The number of aryl methyl sites for hydroxylation is 1. The molecule has 2 rings (SSSR count). The van der Waals surface area contributed by atoms with Gasteiger partial charge in [0.2, 0.25) is 0 Å². The van der Waals surface area contributed by atoms with Crippen molar-refractivity contribution in [1.82, 2.24) is 4.98 Å². The maximum atomic E-state index is 5.76. The minimum atomic E-state index is 0.445. The number of nitrogen functional groups attached to an aromatic ring is 1. The van der Waals surface area contributed by atoms with Gasteiger partial charge in [-0.25, -0.2) is 4.98 Å². The van der Waals surface area contributed by atoms with Gasteiger partial charge in [0, 0.05) is 4.90 Å². The number of benzene rings is 1. The standard InChI is InChI=1S/C11H14N2S2/c1-5(2)8-7(14)4-6(3)9-10(8)15-11(12)13-9/h4-5,14H,1-3H3,(H2,12,13). The molecule has 0 aliphatic rings. The van der Waals surface area contributed by atoms with Gasteiger partial charge in [0.15, 0.2) is 5.13 Å². The molecular formula is C11H14N2S2. The fourth-order valence-electron chi connectivity index (χ4n) is 1.81. The molecule has 1 aromatic carbocycles. The number of nitrogens with two attached hydrogens (primary N) is 1. The summed E-state index contributed by atoms with van der Waals surface area (Å²) in [5.41, 5.74) is 9.19. The largest absolute Gasteiger partial charge is 0.375 e. The Hall–Kier alpha value is -0.740. The van der Waals surface area contributed by atoms with E-state index in [0.29, 0.717) is 11.0 Å². The van der Waals surface area contributed by atoms with Crippen molar-refractivity contribution in [3.05, 3.63) is 17.2 Å². The van der Waals surface area contributed by atoms with Crippen LogP contribution < -0.4 is 5.73 Å². The van der Waals surface area contributed by atoms with Crippen molar-refractivity contribution in [3.63, 3.8) is 0 Å². The van der Waals surface area contributed by atoms with E-state index < -0.39 is 0 Å². The topological polar surface area (TPSA) is 38.9 Å². The lowest BCUT2D eigenvalue weighted by atomic mass is 10.0. The second kappa shape index (κ2) is 3.68. The molecule has 0 unspecified atom stereocenters. The molecule has 0 aliphatic heterocycles. The average molecular weight is 238 g/mol. The zero-order chi connectivity index (χ0) is 11.2. The zero-order valence-corrected chi connectivity index (χ0v) is 10.7. The van der Waals surface area contributed by atoms with E-state index in [-0.39, 0.29) is 0 Å².